The highest BCUT2D eigenvalue weighted by Gasteiger charge is 2.33. The van der Waals surface area contributed by atoms with Gasteiger partial charge in [-0.2, -0.15) is 0 Å². The molecular formula is C28H35N5O2S. The minimum absolute atomic E-state index is 0.00885. The predicted molar refractivity (Wildman–Crippen MR) is 144 cm³/mol. The lowest BCUT2D eigenvalue weighted by Crippen LogP contribution is -2.52. The third-order valence-electron chi connectivity index (χ3n) is 7.74. The minimum atomic E-state index is -0.608. The SMILES string of the molecule is CN1CCC(C2CCN(C(=O)[C@@H](CSc3ccccn3)NC(=O)c3ccc4cc[nH]c4c3)CC2)CC1. The fourth-order valence-corrected chi connectivity index (χ4v) is 6.39. The number of piperidine rings is 2. The first-order valence-electron chi connectivity index (χ1n) is 13.0. The van der Waals surface area contributed by atoms with Crippen LogP contribution in [0.15, 0.2) is 59.9 Å². The average Bonchev–Trinajstić information content (AvgIpc) is 3.40. The predicted octanol–water partition coefficient (Wildman–Crippen LogP) is 4.03. The highest BCUT2D eigenvalue weighted by Crippen LogP contribution is 2.32. The first kappa shape index (κ1) is 24.8. The number of likely N-dealkylation sites (tertiary alicyclic amines) is 2. The van der Waals surface area contributed by atoms with Crippen LogP contribution in [-0.2, 0) is 4.79 Å². The van der Waals surface area contributed by atoms with Gasteiger partial charge in [-0.3, -0.25) is 9.59 Å². The number of fused-ring (bicyclic) bond motifs is 1. The summed E-state index contributed by atoms with van der Waals surface area (Å²) in [6, 6.07) is 12.7. The zero-order chi connectivity index (χ0) is 24.9. The summed E-state index contributed by atoms with van der Waals surface area (Å²) in [4.78, 5) is 38.7. The van der Waals surface area contributed by atoms with Gasteiger partial charge < -0.3 is 20.1 Å². The molecule has 2 saturated heterocycles. The molecule has 4 heterocycles. The van der Waals surface area contributed by atoms with Crippen LogP contribution in [0.5, 0.6) is 0 Å². The number of nitrogens with one attached hydrogen (secondary N) is 2. The van der Waals surface area contributed by atoms with Crippen LogP contribution in [0.3, 0.4) is 0 Å². The maximum atomic E-state index is 13.6. The third kappa shape index (κ3) is 5.93. The smallest absolute Gasteiger partial charge is 0.252 e. The van der Waals surface area contributed by atoms with Crippen molar-refractivity contribution in [1.29, 1.82) is 0 Å². The van der Waals surface area contributed by atoms with Crippen molar-refractivity contribution in [3.63, 3.8) is 0 Å². The van der Waals surface area contributed by atoms with E-state index in [1.54, 1.807) is 6.20 Å². The molecule has 0 unspecified atom stereocenters. The summed E-state index contributed by atoms with van der Waals surface area (Å²) in [5.41, 5.74) is 1.45. The quantitative estimate of drug-likeness (QED) is 0.474. The number of hydrogen-bond donors (Lipinski definition) is 2. The number of thioether (sulfide) groups is 1. The summed E-state index contributed by atoms with van der Waals surface area (Å²) < 4.78 is 0. The van der Waals surface area contributed by atoms with Crippen LogP contribution in [0.25, 0.3) is 10.9 Å². The molecule has 2 aromatic heterocycles. The highest BCUT2D eigenvalue weighted by atomic mass is 32.2. The molecule has 0 saturated carbocycles. The van der Waals surface area contributed by atoms with Crippen molar-refractivity contribution < 1.29 is 9.59 Å². The van der Waals surface area contributed by atoms with Crippen molar-refractivity contribution in [1.82, 2.24) is 25.1 Å². The van der Waals surface area contributed by atoms with Crippen LogP contribution >= 0.6 is 11.8 Å². The van der Waals surface area contributed by atoms with Crippen LogP contribution in [0.4, 0.5) is 0 Å². The van der Waals surface area contributed by atoms with Crippen molar-refractivity contribution in [3.8, 4) is 0 Å². The van der Waals surface area contributed by atoms with Gasteiger partial charge in [-0.25, -0.2) is 4.98 Å². The second kappa shape index (κ2) is 11.5. The number of carbonyl (C=O) groups excluding carboxylic acids is 2. The number of amides is 2. The molecule has 2 amide bonds. The van der Waals surface area contributed by atoms with Crippen molar-refractivity contribution in [2.45, 2.75) is 36.8 Å². The monoisotopic (exact) mass is 505 g/mol. The molecule has 5 rings (SSSR count). The van der Waals surface area contributed by atoms with Gasteiger partial charge in [0.15, 0.2) is 0 Å². The van der Waals surface area contributed by atoms with E-state index >= 15 is 0 Å². The van der Waals surface area contributed by atoms with E-state index in [1.807, 2.05) is 53.6 Å². The Balaban J connectivity index is 1.24. The molecule has 7 nitrogen and oxygen atoms in total. The summed E-state index contributed by atoms with van der Waals surface area (Å²) in [6.07, 6.45) is 8.24. The first-order chi connectivity index (χ1) is 17.6. The van der Waals surface area contributed by atoms with Crippen LogP contribution in [0, 0.1) is 11.8 Å². The number of aromatic amines is 1. The fourth-order valence-electron chi connectivity index (χ4n) is 5.52. The Morgan fingerprint density at radius 1 is 1.06 bits per heavy atom. The lowest BCUT2D eigenvalue weighted by Gasteiger charge is -2.40. The molecule has 3 aromatic rings. The molecule has 0 radical (unpaired) electrons. The largest absolute Gasteiger partial charge is 0.361 e. The topological polar surface area (TPSA) is 81.3 Å². The maximum Gasteiger partial charge on any atom is 0.252 e. The number of nitrogens with zero attached hydrogens (tertiary/aromatic N) is 3. The number of benzene rings is 1. The minimum Gasteiger partial charge on any atom is -0.361 e. The maximum absolute atomic E-state index is 13.6. The van der Waals surface area contributed by atoms with Crippen LogP contribution < -0.4 is 5.32 Å². The van der Waals surface area contributed by atoms with Gasteiger partial charge in [-0.05, 0) is 93.4 Å². The Morgan fingerprint density at radius 2 is 1.81 bits per heavy atom. The lowest BCUT2D eigenvalue weighted by atomic mass is 9.79. The first-order valence-corrected chi connectivity index (χ1v) is 13.9. The molecule has 2 fully saturated rings. The molecule has 190 valence electrons. The van der Waals surface area contributed by atoms with Crippen molar-refractivity contribution >= 4 is 34.5 Å². The van der Waals surface area contributed by atoms with Crippen LogP contribution in [-0.4, -0.2) is 76.6 Å². The Hall–Kier alpha value is -2.84. The molecule has 2 aliphatic rings. The Morgan fingerprint density at radius 3 is 2.53 bits per heavy atom. The number of aromatic nitrogens is 2. The summed E-state index contributed by atoms with van der Waals surface area (Å²) in [5.74, 6) is 1.70. The zero-order valence-corrected chi connectivity index (χ0v) is 21.7. The van der Waals surface area contributed by atoms with E-state index in [4.69, 9.17) is 0 Å². The van der Waals surface area contributed by atoms with Crippen LogP contribution in [0.1, 0.15) is 36.0 Å². The van der Waals surface area contributed by atoms with E-state index < -0.39 is 6.04 Å². The summed E-state index contributed by atoms with van der Waals surface area (Å²) >= 11 is 1.50. The molecule has 0 spiro atoms. The molecule has 8 heteroatoms. The summed E-state index contributed by atoms with van der Waals surface area (Å²) in [7, 11) is 2.20. The third-order valence-corrected chi connectivity index (χ3v) is 8.77. The molecule has 0 aliphatic carbocycles. The van der Waals surface area contributed by atoms with Gasteiger partial charge in [0, 0.05) is 42.3 Å². The second-order valence-corrected chi connectivity index (χ2v) is 11.1. The second-order valence-electron chi connectivity index (χ2n) is 10.1. The molecule has 1 aromatic carbocycles. The number of pyridine rings is 1. The van der Waals surface area contributed by atoms with Crippen molar-refractivity contribution in [3.05, 3.63) is 60.4 Å². The van der Waals surface area contributed by atoms with Gasteiger partial charge >= 0.3 is 0 Å². The molecule has 2 aliphatic heterocycles. The van der Waals surface area contributed by atoms with Gasteiger partial charge in [-0.15, -0.1) is 11.8 Å². The van der Waals surface area contributed by atoms with Gasteiger partial charge in [0.1, 0.15) is 6.04 Å². The highest BCUT2D eigenvalue weighted by molar-refractivity contribution is 7.99. The Kier molecular flexibility index (Phi) is 7.92. The molecule has 36 heavy (non-hydrogen) atoms. The van der Waals surface area contributed by atoms with E-state index in [1.165, 1.54) is 37.7 Å². The number of rotatable bonds is 7. The van der Waals surface area contributed by atoms with Crippen LogP contribution in [0.2, 0.25) is 0 Å². The average molecular weight is 506 g/mol. The van der Waals surface area contributed by atoms with Gasteiger partial charge in [0.2, 0.25) is 5.91 Å². The van der Waals surface area contributed by atoms with E-state index in [-0.39, 0.29) is 11.8 Å². The molecule has 2 N–H and O–H groups in total. The lowest BCUT2D eigenvalue weighted by molar-refractivity contribution is -0.134. The number of carbonyl (C=O) groups is 2. The Labute approximate surface area is 217 Å². The molecule has 0 bridgehead atoms. The number of H-pyrrole nitrogens is 1. The van der Waals surface area contributed by atoms with E-state index in [2.05, 4.69) is 27.2 Å². The van der Waals surface area contributed by atoms with E-state index in [0.29, 0.717) is 17.2 Å². The van der Waals surface area contributed by atoms with Gasteiger partial charge in [0.25, 0.3) is 5.91 Å². The number of hydrogen-bond acceptors (Lipinski definition) is 5. The standard InChI is InChI=1S/C28H35N5O2S/c1-32-14-8-20(9-15-32)21-10-16-33(17-11-21)28(35)25(19-36-26-4-2-3-12-30-26)31-27(34)23-6-5-22-7-13-29-24(22)18-23/h2-7,12-13,18,20-21,25,29H,8-11,14-17,19H2,1H3,(H,31,34)/t25-/m1/s1. The zero-order valence-electron chi connectivity index (χ0n) is 20.9. The van der Waals surface area contributed by atoms with E-state index in [9.17, 15) is 9.59 Å². The van der Waals surface area contributed by atoms with Gasteiger partial charge in [-0.1, -0.05) is 12.1 Å². The Bertz CT molecular complexity index is 1170. The normalized spacial score (nSPS) is 18.9. The van der Waals surface area contributed by atoms with Crippen molar-refractivity contribution in [2.75, 3.05) is 39.0 Å². The summed E-state index contributed by atoms with van der Waals surface area (Å²) in [6.45, 7) is 3.89. The van der Waals surface area contributed by atoms with Gasteiger partial charge in [0.05, 0.1) is 5.03 Å². The fraction of sp³-hybridized carbons (Fsp3) is 0.464. The molecule has 1 atom stereocenters. The summed E-state index contributed by atoms with van der Waals surface area (Å²) in [5, 5.41) is 4.94. The van der Waals surface area contributed by atoms with E-state index in [0.717, 1.165) is 47.8 Å². The molecular weight excluding hydrogens is 470 g/mol. The van der Waals surface area contributed by atoms with Crippen molar-refractivity contribution in [2.24, 2.45) is 11.8 Å².